The normalized spacial score (nSPS) is 14.0. The summed E-state index contributed by atoms with van der Waals surface area (Å²) in [5.41, 5.74) is 10.4. The molecule has 3 heterocycles. The van der Waals surface area contributed by atoms with Gasteiger partial charge in [-0.25, -0.2) is 4.98 Å². The molecule has 5 rings (SSSR count). The molecule has 7 nitrogen and oxygen atoms in total. The maximum absolute atomic E-state index is 12.3. The number of benzene rings is 2. The number of nitrogens with one attached hydrogen (secondary N) is 2. The summed E-state index contributed by atoms with van der Waals surface area (Å²) in [6.07, 6.45) is 2.75. The van der Waals surface area contributed by atoms with E-state index in [9.17, 15) is 4.79 Å². The molecule has 30 heavy (non-hydrogen) atoms. The van der Waals surface area contributed by atoms with Gasteiger partial charge in [0, 0.05) is 43.2 Å². The highest BCUT2D eigenvalue weighted by molar-refractivity contribution is 5.84. The molecule has 2 aromatic heterocycles. The van der Waals surface area contributed by atoms with Crippen LogP contribution in [-0.4, -0.2) is 26.4 Å². The molecule has 0 amide bonds. The van der Waals surface area contributed by atoms with E-state index >= 15 is 0 Å². The first-order valence-corrected chi connectivity index (χ1v) is 10.0. The van der Waals surface area contributed by atoms with E-state index in [-0.39, 0.29) is 11.5 Å². The Morgan fingerprint density at radius 2 is 2.03 bits per heavy atom. The van der Waals surface area contributed by atoms with Crippen LogP contribution in [0.1, 0.15) is 22.4 Å². The Morgan fingerprint density at radius 3 is 2.90 bits per heavy atom. The smallest absolute Gasteiger partial charge is 0.257 e. The molecule has 7 heteroatoms. The maximum atomic E-state index is 12.3. The van der Waals surface area contributed by atoms with Crippen LogP contribution in [0.2, 0.25) is 0 Å². The van der Waals surface area contributed by atoms with Gasteiger partial charge in [-0.2, -0.15) is 0 Å². The van der Waals surface area contributed by atoms with E-state index in [4.69, 9.17) is 10.5 Å². The van der Waals surface area contributed by atoms with Gasteiger partial charge in [0.2, 0.25) is 5.95 Å². The first-order valence-electron chi connectivity index (χ1n) is 10.0. The third kappa shape index (κ3) is 3.67. The van der Waals surface area contributed by atoms with Gasteiger partial charge in [-0.15, -0.1) is 0 Å². The van der Waals surface area contributed by atoms with Crippen molar-refractivity contribution in [2.45, 2.75) is 26.1 Å². The summed E-state index contributed by atoms with van der Waals surface area (Å²) in [6.45, 7) is 2.67. The van der Waals surface area contributed by atoms with Gasteiger partial charge in [0.05, 0.1) is 11.3 Å². The quantitative estimate of drug-likeness (QED) is 0.477. The molecular formula is C23H23N5O2. The van der Waals surface area contributed by atoms with Gasteiger partial charge in [0.1, 0.15) is 12.4 Å². The minimum atomic E-state index is -0.141. The van der Waals surface area contributed by atoms with Crippen LogP contribution in [-0.2, 0) is 26.1 Å². The molecule has 0 aliphatic carbocycles. The number of ether oxygens (including phenoxy) is 1. The molecule has 0 atom stereocenters. The minimum absolute atomic E-state index is 0.141. The number of nitrogens with zero attached hydrogens (tertiary/aromatic N) is 2. The van der Waals surface area contributed by atoms with Gasteiger partial charge in [0.25, 0.3) is 5.56 Å². The number of fused-ring (bicyclic) bond motifs is 2. The van der Waals surface area contributed by atoms with Crippen LogP contribution in [0.3, 0.4) is 0 Å². The molecule has 1 aliphatic rings. The van der Waals surface area contributed by atoms with Crippen LogP contribution in [0.5, 0.6) is 5.75 Å². The predicted octanol–water partition coefficient (Wildman–Crippen LogP) is 2.97. The van der Waals surface area contributed by atoms with Gasteiger partial charge < -0.3 is 15.5 Å². The van der Waals surface area contributed by atoms with Crippen LogP contribution in [0.4, 0.5) is 5.95 Å². The average molecular weight is 401 g/mol. The predicted molar refractivity (Wildman–Crippen MR) is 116 cm³/mol. The van der Waals surface area contributed by atoms with Crippen LogP contribution in [0.25, 0.3) is 10.9 Å². The third-order valence-corrected chi connectivity index (χ3v) is 5.55. The average Bonchev–Trinajstić information content (AvgIpc) is 3.15. The van der Waals surface area contributed by atoms with Crippen LogP contribution in [0, 0.1) is 0 Å². The molecule has 1 aliphatic heterocycles. The highest BCUT2D eigenvalue weighted by Crippen LogP contribution is 2.26. The van der Waals surface area contributed by atoms with Crippen LogP contribution in [0.15, 0.2) is 59.5 Å². The Kier molecular flexibility index (Phi) is 4.72. The van der Waals surface area contributed by atoms with Gasteiger partial charge in [0.15, 0.2) is 0 Å². The summed E-state index contributed by atoms with van der Waals surface area (Å²) in [6, 6.07) is 16.2. The molecule has 0 saturated heterocycles. The molecule has 0 bridgehead atoms. The second-order valence-corrected chi connectivity index (χ2v) is 7.63. The Balaban J connectivity index is 1.34. The van der Waals surface area contributed by atoms with E-state index in [0.717, 1.165) is 47.4 Å². The highest BCUT2D eigenvalue weighted by atomic mass is 16.5. The number of rotatable bonds is 5. The first kappa shape index (κ1) is 18.4. The summed E-state index contributed by atoms with van der Waals surface area (Å²) >= 11 is 0. The van der Waals surface area contributed by atoms with Crippen molar-refractivity contribution >= 4 is 16.9 Å². The molecule has 4 aromatic rings. The molecular weight excluding hydrogens is 378 g/mol. The molecule has 0 spiro atoms. The van der Waals surface area contributed by atoms with Gasteiger partial charge in [-0.3, -0.25) is 14.7 Å². The Hall–Kier alpha value is -3.58. The number of hydrogen-bond donors (Lipinski definition) is 3. The van der Waals surface area contributed by atoms with Crippen molar-refractivity contribution in [2.75, 3.05) is 12.3 Å². The van der Waals surface area contributed by atoms with E-state index in [1.165, 1.54) is 5.56 Å². The zero-order valence-corrected chi connectivity index (χ0v) is 16.5. The molecule has 0 radical (unpaired) electrons. The van der Waals surface area contributed by atoms with Crippen molar-refractivity contribution < 1.29 is 4.74 Å². The van der Waals surface area contributed by atoms with E-state index in [1.807, 2.05) is 36.5 Å². The lowest BCUT2D eigenvalue weighted by atomic mass is 10.1. The number of H-pyrrole nitrogens is 2. The minimum Gasteiger partial charge on any atom is -0.489 e. The Labute approximate surface area is 173 Å². The number of nitrogens with two attached hydrogens (primary N) is 1. The van der Waals surface area contributed by atoms with Gasteiger partial charge >= 0.3 is 0 Å². The Morgan fingerprint density at radius 1 is 1.17 bits per heavy atom. The number of nitrogen functional groups attached to an aromatic ring is 1. The Bertz CT molecular complexity index is 1250. The summed E-state index contributed by atoms with van der Waals surface area (Å²) in [4.78, 5) is 24.7. The number of aromatic amines is 2. The number of aromatic nitrogens is 3. The second kappa shape index (κ2) is 7.68. The molecule has 0 fully saturated rings. The van der Waals surface area contributed by atoms with Crippen LogP contribution >= 0.6 is 0 Å². The monoisotopic (exact) mass is 401 g/mol. The first-order chi connectivity index (χ1) is 14.7. The van der Waals surface area contributed by atoms with Crippen molar-refractivity contribution in [3.8, 4) is 5.75 Å². The van der Waals surface area contributed by atoms with Gasteiger partial charge in [-0.05, 0) is 29.3 Å². The van der Waals surface area contributed by atoms with Crippen molar-refractivity contribution in [3.05, 3.63) is 87.5 Å². The standard InChI is InChI=1S/C23H23N5O2/c24-23-26-21-8-9-28(13-19(21)22(29)27-23)12-16-11-25-20-7-6-17(10-18(16)20)30-14-15-4-2-1-3-5-15/h1-7,10-11,25H,8-9,12-14H2,(H3,24,26,27,29). The number of hydrogen-bond acceptors (Lipinski definition) is 5. The fraction of sp³-hybridized carbons (Fsp3) is 0.217. The SMILES string of the molecule is Nc1nc2c(c(=O)[nH]1)CN(Cc1c[nH]c3ccc(OCc4ccccc4)cc13)CC2. The van der Waals surface area contributed by atoms with E-state index in [0.29, 0.717) is 18.7 Å². The summed E-state index contributed by atoms with van der Waals surface area (Å²) in [5, 5.41) is 1.13. The fourth-order valence-electron chi connectivity index (χ4n) is 4.00. The second-order valence-electron chi connectivity index (χ2n) is 7.63. The lowest BCUT2D eigenvalue weighted by Gasteiger charge is -2.27. The summed E-state index contributed by atoms with van der Waals surface area (Å²) < 4.78 is 5.99. The van der Waals surface area contributed by atoms with E-state index in [1.54, 1.807) is 0 Å². The molecule has 0 saturated carbocycles. The maximum Gasteiger partial charge on any atom is 0.257 e. The summed E-state index contributed by atoms with van der Waals surface area (Å²) in [5.74, 6) is 1.03. The third-order valence-electron chi connectivity index (χ3n) is 5.55. The van der Waals surface area contributed by atoms with Crippen LogP contribution < -0.4 is 16.0 Å². The van der Waals surface area contributed by atoms with Crippen molar-refractivity contribution in [2.24, 2.45) is 0 Å². The molecule has 152 valence electrons. The van der Waals surface area contributed by atoms with Gasteiger partial charge in [-0.1, -0.05) is 30.3 Å². The van der Waals surface area contributed by atoms with E-state index in [2.05, 4.69) is 38.1 Å². The van der Waals surface area contributed by atoms with E-state index < -0.39 is 0 Å². The van der Waals surface area contributed by atoms with Crippen molar-refractivity contribution in [1.82, 2.24) is 19.9 Å². The molecule has 0 unspecified atom stereocenters. The lowest BCUT2D eigenvalue weighted by molar-refractivity contribution is 0.242. The highest BCUT2D eigenvalue weighted by Gasteiger charge is 2.21. The summed E-state index contributed by atoms with van der Waals surface area (Å²) in [7, 11) is 0. The largest absolute Gasteiger partial charge is 0.489 e. The molecule has 4 N–H and O–H groups in total. The molecule has 2 aromatic carbocycles. The zero-order valence-electron chi connectivity index (χ0n) is 16.5. The lowest BCUT2D eigenvalue weighted by Crippen LogP contribution is -2.35. The number of anilines is 1. The van der Waals surface area contributed by atoms with Crippen molar-refractivity contribution in [3.63, 3.8) is 0 Å². The fourth-order valence-corrected chi connectivity index (χ4v) is 4.00. The van der Waals surface area contributed by atoms with Crippen molar-refractivity contribution in [1.29, 1.82) is 0 Å². The zero-order chi connectivity index (χ0) is 20.5. The topological polar surface area (TPSA) is 100 Å².